The number of hydrogen-bond acceptors (Lipinski definition) is 3. The minimum absolute atomic E-state index is 0.00931. The van der Waals surface area contributed by atoms with Crippen molar-refractivity contribution in [2.24, 2.45) is 0 Å². The molecule has 0 radical (unpaired) electrons. The van der Waals surface area contributed by atoms with Crippen molar-refractivity contribution in [3.05, 3.63) is 59.8 Å². The zero-order chi connectivity index (χ0) is 14.1. The Bertz CT molecular complexity index is 768. The van der Waals surface area contributed by atoms with E-state index >= 15 is 0 Å². The Labute approximate surface area is 120 Å². The summed E-state index contributed by atoms with van der Waals surface area (Å²) >= 11 is 6.18. The summed E-state index contributed by atoms with van der Waals surface area (Å²) < 4.78 is 1.65. The lowest BCUT2D eigenvalue weighted by molar-refractivity contribution is 0.451. The molecule has 3 aromatic rings. The molecular weight excluding hydrogens is 276 g/mol. The van der Waals surface area contributed by atoms with Crippen LogP contribution in [0.2, 0.25) is 5.02 Å². The van der Waals surface area contributed by atoms with Gasteiger partial charge >= 0.3 is 0 Å². The predicted molar refractivity (Wildman–Crippen MR) is 77.3 cm³/mol. The van der Waals surface area contributed by atoms with E-state index in [1.807, 2.05) is 18.2 Å². The number of phenols is 2. The van der Waals surface area contributed by atoms with Gasteiger partial charge in [0.1, 0.15) is 11.5 Å². The number of nitrogens with zero attached hydrogens (tertiary/aromatic N) is 2. The number of para-hydroxylation sites is 1. The molecule has 3 rings (SSSR count). The van der Waals surface area contributed by atoms with Crippen LogP contribution in [-0.2, 0) is 0 Å². The van der Waals surface area contributed by atoms with Gasteiger partial charge in [0, 0.05) is 11.6 Å². The molecule has 0 atom stereocenters. The maximum atomic E-state index is 9.97. The average molecular weight is 287 g/mol. The number of aromatic hydroxyl groups is 2. The van der Waals surface area contributed by atoms with E-state index in [9.17, 15) is 10.2 Å². The average Bonchev–Trinajstić information content (AvgIpc) is 2.88. The highest BCUT2D eigenvalue weighted by Gasteiger charge is 2.13. The van der Waals surface area contributed by atoms with Gasteiger partial charge < -0.3 is 10.2 Å². The first-order valence-corrected chi connectivity index (χ1v) is 6.36. The van der Waals surface area contributed by atoms with Gasteiger partial charge in [0.15, 0.2) is 0 Å². The van der Waals surface area contributed by atoms with Crippen molar-refractivity contribution in [2.75, 3.05) is 0 Å². The van der Waals surface area contributed by atoms with Crippen LogP contribution in [-0.4, -0.2) is 20.0 Å². The van der Waals surface area contributed by atoms with Crippen LogP contribution in [0.25, 0.3) is 16.9 Å². The molecule has 100 valence electrons. The molecule has 0 saturated carbocycles. The van der Waals surface area contributed by atoms with Gasteiger partial charge in [0.05, 0.1) is 22.6 Å². The van der Waals surface area contributed by atoms with Crippen LogP contribution in [0.15, 0.2) is 54.7 Å². The van der Waals surface area contributed by atoms with Crippen molar-refractivity contribution in [1.29, 1.82) is 0 Å². The first-order chi connectivity index (χ1) is 9.66. The molecule has 0 amide bonds. The van der Waals surface area contributed by atoms with Crippen molar-refractivity contribution >= 4 is 11.6 Å². The van der Waals surface area contributed by atoms with Crippen LogP contribution in [0.4, 0.5) is 0 Å². The van der Waals surface area contributed by atoms with E-state index in [1.165, 1.54) is 12.1 Å². The summed E-state index contributed by atoms with van der Waals surface area (Å²) in [6.45, 7) is 0. The van der Waals surface area contributed by atoms with Crippen LogP contribution in [0.5, 0.6) is 11.5 Å². The Hall–Kier alpha value is -2.46. The predicted octanol–water partition coefficient (Wildman–Crippen LogP) is 3.60. The first-order valence-electron chi connectivity index (χ1n) is 5.98. The second-order valence-corrected chi connectivity index (χ2v) is 4.69. The monoisotopic (exact) mass is 286 g/mol. The lowest BCUT2D eigenvalue weighted by atomic mass is 10.1. The van der Waals surface area contributed by atoms with Crippen LogP contribution in [0.1, 0.15) is 0 Å². The molecule has 5 heteroatoms. The Balaban J connectivity index is 2.18. The maximum Gasteiger partial charge on any atom is 0.128 e. The minimum Gasteiger partial charge on any atom is -0.508 e. The molecule has 4 nitrogen and oxygen atoms in total. The van der Waals surface area contributed by atoms with Gasteiger partial charge in [-0.2, -0.15) is 5.10 Å². The van der Waals surface area contributed by atoms with Crippen LogP contribution < -0.4 is 0 Å². The quantitative estimate of drug-likeness (QED) is 0.757. The highest BCUT2D eigenvalue weighted by atomic mass is 35.5. The molecule has 0 spiro atoms. The Morgan fingerprint density at radius 3 is 2.55 bits per heavy atom. The summed E-state index contributed by atoms with van der Waals surface area (Å²) in [5.74, 6) is -0.00568. The normalized spacial score (nSPS) is 10.7. The van der Waals surface area contributed by atoms with Crippen LogP contribution >= 0.6 is 11.6 Å². The standard InChI is InChI=1S/C15H11ClN2O2/c16-12-3-1-2-4-14(12)18-13(7-8-17-18)11-6-5-10(19)9-15(11)20/h1-9,19-20H. The number of phenolic OH excluding ortho intramolecular Hbond substituents is 2. The van der Waals surface area contributed by atoms with Gasteiger partial charge in [-0.1, -0.05) is 23.7 Å². The van der Waals surface area contributed by atoms with E-state index < -0.39 is 0 Å². The summed E-state index contributed by atoms with van der Waals surface area (Å²) in [6.07, 6.45) is 1.63. The number of halogens is 1. The van der Waals surface area contributed by atoms with Crippen molar-refractivity contribution in [1.82, 2.24) is 9.78 Å². The van der Waals surface area contributed by atoms with Crippen LogP contribution in [0, 0.1) is 0 Å². The van der Waals surface area contributed by atoms with Gasteiger partial charge in [-0.05, 0) is 30.3 Å². The lowest BCUT2D eigenvalue weighted by Crippen LogP contribution is -1.99. The highest BCUT2D eigenvalue weighted by Crippen LogP contribution is 2.34. The number of hydrogen-bond donors (Lipinski definition) is 2. The van der Waals surface area contributed by atoms with Crippen molar-refractivity contribution < 1.29 is 10.2 Å². The summed E-state index contributed by atoms with van der Waals surface area (Å²) in [4.78, 5) is 0. The van der Waals surface area contributed by atoms with Crippen LogP contribution in [0.3, 0.4) is 0 Å². The van der Waals surface area contributed by atoms with E-state index in [1.54, 1.807) is 29.1 Å². The van der Waals surface area contributed by atoms with E-state index in [4.69, 9.17) is 11.6 Å². The molecule has 0 bridgehead atoms. The molecule has 0 saturated heterocycles. The number of benzene rings is 2. The van der Waals surface area contributed by atoms with Gasteiger partial charge in [0.2, 0.25) is 0 Å². The minimum atomic E-state index is -0.0150. The Kier molecular flexibility index (Phi) is 3.08. The summed E-state index contributed by atoms with van der Waals surface area (Å²) in [6, 6.07) is 13.5. The molecule has 0 aliphatic heterocycles. The smallest absolute Gasteiger partial charge is 0.128 e. The molecule has 0 aliphatic carbocycles. The SMILES string of the molecule is Oc1ccc(-c2ccnn2-c2ccccc2Cl)c(O)c1. The second-order valence-electron chi connectivity index (χ2n) is 4.28. The summed E-state index contributed by atoms with van der Waals surface area (Å²) in [5.41, 5.74) is 1.98. The zero-order valence-corrected chi connectivity index (χ0v) is 11.1. The van der Waals surface area contributed by atoms with E-state index in [2.05, 4.69) is 5.10 Å². The zero-order valence-electron chi connectivity index (χ0n) is 10.4. The third-order valence-corrected chi connectivity index (χ3v) is 3.30. The topological polar surface area (TPSA) is 58.3 Å². The fourth-order valence-corrected chi connectivity index (χ4v) is 2.28. The van der Waals surface area contributed by atoms with Crippen molar-refractivity contribution in [3.8, 4) is 28.4 Å². The molecule has 0 fully saturated rings. The largest absolute Gasteiger partial charge is 0.508 e. The second kappa shape index (κ2) is 4.90. The molecular formula is C15H11ClN2O2. The summed E-state index contributed by atoms with van der Waals surface area (Å²) in [5, 5.41) is 24.1. The molecule has 20 heavy (non-hydrogen) atoms. The fraction of sp³-hybridized carbons (Fsp3) is 0. The summed E-state index contributed by atoms with van der Waals surface area (Å²) in [7, 11) is 0. The highest BCUT2D eigenvalue weighted by molar-refractivity contribution is 6.32. The van der Waals surface area contributed by atoms with Gasteiger partial charge in [-0.15, -0.1) is 0 Å². The van der Waals surface area contributed by atoms with Crippen molar-refractivity contribution in [2.45, 2.75) is 0 Å². The lowest BCUT2D eigenvalue weighted by Gasteiger charge is -2.10. The molecule has 2 N–H and O–H groups in total. The molecule has 2 aromatic carbocycles. The van der Waals surface area contributed by atoms with Gasteiger partial charge in [0.25, 0.3) is 0 Å². The van der Waals surface area contributed by atoms with E-state index in [0.29, 0.717) is 16.3 Å². The number of aromatic nitrogens is 2. The van der Waals surface area contributed by atoms with E-state index in [0.717, 1.165) is 5.69 Å². The van der Waals surface area contributed by atoms with Gasteiger partial charge in [-0.25, -0.2) is 4.68 Å². The molecule has 1 aromatic heterocycles. The number of rotatable bonds is 2. The Morgan fingerprint density at radius 1 is 1.00 bits per heavy atom. The maximum absolute atomic E-state index is 9.97. The fourth-order valence-electron chi connectivity index (χ4n) is 2.06. The van der Waals surface area contributed by atoms with Gasteiger partial charge in [-0.3, -0.25) is 0 Å². The molecule has 0 unspecified atom stereocenters. The molecule has 1 heterocycles. The van der Waals surface area contributed by atoms with E-state index in [-0.39, 0.29) is 11.5 Å². The Morgan fingerprint density at radius 2 is 1.80 bits per heavy atom. The third kappa shape index (κ3) is 2.10. The third-order valence-electron chi connectivity index (χ3n) is 2.98. The van der Waals surface area contributed by atoms with Crippen molar-refractivity contribution in [3.63, 3.8) is 0 Å². The molecule has 0 aliphatic rings. The first kappa shape index (κ1) is 12.6.